The summed E-state index contributed by atoms with van der Waals surface area (Å²) in [5.41, 5.74) is 1.42. The molecule has 1 aliphatic heterocycles. The molecule has 0 aromatic heterocycles. The Morgan fingerprint density at radius 3 is 1.48 bits per heavy atom. The average molecular weight is 449 g/mol. The van der Waals surface area contributed by atoms with Crippen molar-refractivity contribution >= 4 is 42.2 Å². The van der Waals surface area contributed by atoms with Gasteiger partial charge in [0, 0.05) is 5.56 Å². The van der Waals surface area contributed by atoms with Crippen molar-refractivity contribution in [1.29, 1.82) is 0 Å². The van der Waals surface area contributed by atoms with Crippen LogP contribution in [-0.4, -0.2) is 69.5 Å². The molecule has 1 aromatic carbocycles. The predicted octanol–water partition coefficient (Wildman–Crippen LogP) is -0.989. The van der Waals surface area contributed by atoms with E-state index in [0.29, 0.717) is 30.8 Å². The number of rotatable bonds is 0. The van der Waals surface area contributed by atoms with Crippen molar-refractivity contribution < 1.29 is 48.5 Å². The maximum absolute atomic E-state index is 11.2. The second kappa shape index (κ2) is 11.1. The minimum Gasteiger partial charge on any atom is -0.292 e. The molecule has 2 rings (SSSR count). The van der Waals surface area contributed by atoms with Gasteiger partial charge in [-0.2, -0.15) is 25.3 Å². The highest BCUT2D eigenvalue weighted by Gasteiger charge is 2.20. The minimum atomic E-state index is -3.67. The Labute approximate surface area is 156 Å². The number of nitrogens with one attached hydrogen (secondary N) is 1. The number of imide groups is 1. The lowest BCUT2D eigenvalue weighted by Crippen LogP contribution is -2.37. The van der Waals surface area contributed by atoms with Crippen LogP contribution in [0.25, 0.3) is 0 Å². The van der Waals surface area contributed by atoms with Gasteiger partial charge in [-0.3, -0.25) is 28.6 Å². The first-order valence-electron chi connectivity index (χ1n) is 6.47. The van der Waals surface area contributed by atoms with Crippen LogP contribution in [0.5, 0.6) is 0 Å². The highest BCUT2D eigenvalue weighted by Crippen LogP contribution is 2.12. The quantitative estimate of drug-likeness (QED) is 0.279. The normalized spacial score (nSPS) is 13.3. The fraction of sp³-hybridized carbons (Fsp3) is 0.333. The van der Waals surface area contributed by atoms with Gasteiger partial charge in [-0.25, -0.2) is 0 Å². The van der Waals surface area contributed by atoms with E-state index in [1.54, 1.807) is 18.2 Å². The van der Waals surface area contributed by atoms with Gasteiger partial charge in [0.25, 0.3) is 36.3 Å². The number of carbonyl (C=O) groups is 2. The van der Waals surface area contributed by atoms with E-state index >= 15 is 0 Å². The molecule has 0 fully saturated rings. The summed E-state index contributed by atoms with van der Waals surface area (Å²) in [4.78, 5) is 22.1. The van der Waals surface area contributed by atoms with Crippen molar-refractivity contribution in [1.82, 2.24) is 5.32 Å². The molecule has 0 bridgehead atoms. The Balaban J connectivity index is 0. The minimum absolute atomic E-state index is 0.223. The third-order valence-electron chi connectivity index (χ3n) is 1.87. The van der Waals surface area contributed by atoms with Crippen molar-refractivity contribution in [2.45, 2.75) is 6.42 Å². The molecule has 12 nitrogen and oxygen atoms in total. The molecule has 0 aliphatic carbocycles. The molecule has 1 aliphatic rings. The van der Waals surface area contributed by atoms with Gasteiger partial charge >= 0.3 is 0 Å². The van der Waals surface area contributed by atoms with Crippen molar-refractivity contribution in [3.63, 3.8) is 0 Å². The van der Waals surface area contributed by atoms with Crippen molar-refractivity contribution in [2.75, 3.05) is 18.8 Å². The summed E-state index contributed by atoms with van der Waals surface area (Å²) in [6, 6.07) is 7.13. The van der Waals surface area contributed by atoms with Gasteiger partial charge in [-0.05, 0) is 11.6 Å². The zero-order valence-electron chi connectivity index (χ0n) is 14.3. The summed E-state index contributed by atoms with van der Waals surface area (Å²) in [6.45, 7) is 0. The molecular weight excluding hydrogens is 430 g/mol. The lowest BCUT2D eigenvalue weighted by molar-refractivity contribution is -0.119. The van der Waals surface area contributed by atoms with Crippen LogP contribution < -0.4 is 5.32 Å². The van der Waals surface area contributed by atoms with E-state index in [-0.39, 0.29) is 11.8 Å². The van der Waals surface area contributed by atoms with Gasteiger partial charge < -0.3 is 0 Å². The Hall–Kier alpha value is -1.91. The lowest BCUT2D eigenvalue weighted by Gasteiger charge is -2.13. The predicted molar refractivity (Wildman–Crippen MR) is 95.0 cm³/mol. The molecule has 1 aromatic rings. The van der Waals surface area contributed by atoms with E-state index in [2.05, 4.69) is 5.32 Å². The van der Waals surface area contributed by atoms with E-state index in [4.69, 9.17) is 13.7 Å². The Morgan fingerprint density at radius 1 is 0.778 bits per heavy atom. The van der Waals surface area contributed by atoms with Crippen LogP contribution in [0.2, 0.25) is 0 Å². The van der Waals surface area contributed by atoms with Gasteiger partial charge in [0.1, 0.15) is 0 Å². The number of amides is 2. The monoisotopic (exact) mass is 449 g/mol. The summed E-state index contributed by atoms with van der Waals surface area (Å²) in [5, 5.41) is 2.26. The van der Waals surface area contributed by atoms with Crippen molar-refractivity contribution in [3.05, 3.63) is 35.4 Å². The molecule has 1 heterocycles. The highest BCUT2D eigenvalue weighted by molar-refractivity contribution is 7.85. The zero-order chi connectivity index (χ0) is 22.1. The third kappa shape index (κ3) is 26.4. The van der Waals surface area contributed by atoms with Crippen LogP contribution >= 0.6 is 0 Å². The molecule has 0 saturated heterocycles. The molecule has 27 heavy (non-hydrogen) atoms. The first-order valence-corrected chi connectivity index (χ1v) is 12.0. The van der Waals surface area contributed by atoms with Crippen LogP contribution in [0.15, 0.2) is 24.3 Å². The second-order valence-corrected chi connectivity index (χ2v) is 9.31. The molecule has 4 N–H and O–H groups in total. The van der Waals surface area contributed by atoms with Crippen LogP contribution in [0.4, 0.5) is 0 Å². The van der Waals surface area contributed by atoms with E-state index in [1.165, 1.54) is 0 Å². The van der Waals surface area contributed by atoms with Crippen molar-refractivity contribution in [3.8, 4) is 0 Å². The molecule has 0 atom stereocenters. The summed E-state index contributed by atoms with van der Waals surface area (Å²) in [5.74, 6) is -0.513. The molecular formula is C12H19NO11S3. The van der Waals surface area contributed by atoms with Gasteiger partial charge in [0.05, 0.1) is 25.2 Å². The summed E-state index contributed by atoms with van der Waals surface area (Å²) >= 11 is 0. The van der Waals surface area contributed by atoms with Gasteiger partial charge in [-0.15, -0.1) is 0 Å². The molecule has 0 unspecified atom stereocenters. The standard InChI is InChI=1S/C9H7NO2.3CH4O3S/c11-8-5-6-3-1-2-4-7(6)9(12)10-8;3*1-5(2,3)4/h1-4H,5H2,(H,10,11,12);3*1H3,(H,2,3,4). The van der Waals surface area contributed by atoms with Crippen LogP contribution in [0.1, 0.15) is 15.9 Å². The van der Waals surface area contributed by atoms with Gasteiger partial charge in [0.2, 0.25) is 5.91 Å². The summed E-state index contributed by atoms with van der Waals surface area (Å²) < 4.78 is 77.6. The zero-order valence-corrected chi connectivity index (χ0v) is 16.8. The second-order valence-electron chi connectivity index (χ2n) is 4.91. The maximum Gasteiger partial charge on any atom is 0.261 e. The molecule has 0 spiro atoms. The molecule has 15 heteroatoms. The first-order chi connectivity index (χ1) is 11.8. The van der Waals surface area contributed by atoms with Crippen LogP contribution in [0, 0.1) is 0 Å². The SMILES string of the molecule is CS(=O)(=O)O.CS(=O)(=O)O.CS(=O)(=O)O.O=C1Cc2ccccc2C(=O)N1. The lowest BCUT2D eigenvalue weighted by atomic mass is 10.0. The fourth-order valence-corrected chi connectivity index (χ4v) is 1.31. The first kappa shape index (κ1) is 27.3. The summed E-state index contributed by atoms with van der Waals surface area (Å²) in [6.07, 6.45) is 2.45. The topological polar surface area (TPSA) is 209 Å². The Morgan fingerprint density at radius 2 is 1.11 bits per heavy atom. The number of hydrogen-bond donors (Lipinski definition) is 4. The number of hydrogen-bond acceptors (Lipinski definition) is 8. The smallest absolute Gasteiger partial charge is 0.261 e. The summed E-state index contributed by atoms with van der Waals surface area (Å²) in [7, 11) is -11.0. The molecule has 156 valence electrons. The average Bonchev–Trinajstić information content (AvgIpc) is 2.32. The largest absolute Gasteiger partial charge is 0.292 e. The van der Waals surface area contributed by atoms with E-state index < -0.39 is 30.4 Å². The number of carbonyl (C=O) groups excluding carboxylic acids is 2. The Bertz CT molecular complexity index is 868. The van der Waals surface area contributed by atoms with E-state index in [9.17, 15) is 34.8 Å². The number of benzene rings is 1. The Kier molecular flexibility index (Phi) is 11.2. The van der Waals surface area contributed by atoms with Gasteiger partial charge in [0.15, 0.2) is 0 Å². The van der Waals surface area contributed by atoms with Crippen LogP contribution in [0.3, 0.4) is 0 Å². The van der Waals surface area contributed by atoms with E-state index in [0.717, 1.165) is 5.56 Å². The molecule has 0 saturated carbocycles. The van der Waals surface area contributed by atoms with Crippen molar-refractivity contribution in [2.24, 2.45) is 0 Å². The number of fused-ring (bicyclic) bond motifs is 1. The third-order valence-corrected chi connectivity index (χ3v) is 1.87. The highest BCUT2D eigenvalue weighted by atomic mass is 32.2. The van der Waals surface area contributed by atoms with Gasteiger partial charge in [-0.1, -0.05) is 18.2 Å². The maximum atomic E-state index is 11.2. The van der Waals surface area contributed by atoms with Crippen LogP contribution in [-0.2, 0) is 41.6 Å². The molecule has 2 amide bonds. The van der Waals surface area contributed by atoms with E-state index in [1.807, 2.05) is 6.07 Å². The fourth-order valence-electron chi connectivity index (χ4n) is 1.31. The molecule has 0 radical (unpaired) electrons.